The maximum Gasteiger partial charge on any atom is 0.332 e. The molecule has 0 radical (unpaired) electrons. The van der Waals surface area contributed by atoms with Crippen molar-refractivity contribution in [2.24, 2.45) is 13.0 Å². The summed E-state index contributed by atoms with van der Waals surface area (Å²) >= 11 is 0. The van der Waals surface area contributed by atoms with Gasteiger partial charge in [-0.2, -0.15) is 0 Å². The van der Waals surface area contributed by atoms with E-state index in [9.17, 15) is 14.4 Å². The van der Waals surface area contributed by atoms with Crippen LogP contribution in [0.15, 0.2) is 52.3 Å². The monoisotopic (exact) mass is 382 g/mol. The number of fused-ring (bicyclic) bond motifs is 1. The van der Waals surface area contributed by atoms with Crippen molar-refractivity contribution < 1.29 is 9.53 Å². The molecule has 0 spiro atoms. The molecule has 0 saturated heterocycles. The molecular formula is C20H22N4O4. The molecule has 1 aromatic carbocycles. The molecule has 0 unspecified atom stereocenters. The maximum atomic E-state index is 12.6. The van der Waals surface area contributed by atoms with Gasteiger partial charge in [-0.25, -0.2) is 14.6 Å². The second-order valence-electron chi connectivity index (χ2n) is 6.87. The maximum absolute atomic E-state index is 12.6. The van der Waals surface area contributed by atoms with E-state index in [1.165, 1.54) is 28.6 Å². The molecule has 28 heavy (non-hydrogen) atoms. The van der Waals surface area contributed by atoms with Gasteiger partial charge in [-0.15, -0.1) is 0 Å². The van der Waals surface area contributed by atoms with E-state index in [1.54, 1.807) is 6.08 Å². The lowest BCUT2D eigenvalue weighted by molar-refractivity contribution is -0.141. The number of hydrogen-bond acceptors (Lipinski definition) is 5. The highest BCUT2D eigenvalue weighted by molar-refractivity contribution is 5.87. The Bertz CT molecular complexity index is 1140. The molecule has 0 bridgehead atoms. The average Bonchev–Trinajstić information content (AvgIpc) is 3.11. The third kappa shape index (κ3) is 3.95. The third-order valence-corrected chi connectivity index (χ3v) is 4.20. The lowest BCUT2D eigenvalue weighted by Gasteiger charge is -2.11. The Morgan fingerprint density at radius 3 is 2.61 bits per heavy atom. The van der Waals surface area contributed by atoms with Crippen LogP contribution in [0.3, 0.4) is 0 Å². The van der Waals surface area contributed by atoms with E-state index in [-0.39, 0.29) is 23.8 Å². The van der Waals surface area contributed by atoms with Crippen molar-refractivity contribution in [3.63, 3.8) is 0 Å². The predicted octanol–water partition coefficient (Wildman–Crippen LogP) is 1.77. The van der Waals surface area contributed by atoms with Gasteiger partial charge in [0.25, 0.3) is 5.56 Å². The van der Waals surface area contributed by atoms with Gasteiger partial charge in [0, 0.05) is 19.7 Å². The van der Waals surface area contributed by atoms with Crippen molar-refractivity contribution in [3.8, 4) is 0 Å². The number of imidazole rings is 1. The van der Waals surface area contributed by atoms with Gasteiger partial charge in [0.1, 0.15) is 6.33 Å². The SMILES string of the molecule is CC(C)Cn1c(=O)n(C)c(=O)c2c1ncn2COC(=O)C=Cc1ccccc1. The summed E-state index contributed by atoms with van der Waals surface area (Å²) in [6, 6.07) is 9.36. The minimum atomic E-state index is -0.543. The summed E-state index contributed by atoms with van der Waals surface area (Å²) in [7, 11) is 1.42. The molecule has 0 aliphatic rings. The Morgan fingerprint density at radius 2 is 1.93 bits per heavy atom. The van der Waals surface area contributed by atoms with Gasteiger partial charge in [-0.05, 0) is 17.6 Å². The normalized spacial score (nSPS) is 11.6. The minimum Gasteiger partial charge on any atom is -0.441 e. The van der Waals surface area contributed by atoms with Crippen LogP contribution in [-0.2, 0) is 29.9 Å². The van der Waals surface area contributed by atoms with Crippen LogP contribution in [0, 0.1) is 5.92 Å². The lowest BCUT2D eigenvalue weighted by Crippen LogP contribution is -2.39. The van der Waals surface area contributed by atoms with Crippen LogP contribution in [0.1, 0.15) is 19.4 Å². The molecule has 2 heterocycles. The van der Waals surface area contributed by atoms with E-state index in [0.717, 1.165) is 10.1 Å². The predicted molar refractivity (Wildman–Crippen MR) is 106 cm³/mol. The standard InChI is InChI=1S/C20H22N4O4/c1-14(2)11-24-18-17(19(26)22(3)20(24)27)23(12-21-18)13-28-16(25)10-9-15-7-5-4-6-8-15/h4-10,12,14H,11,13H2,1-3H3. The van der Waals surface area contributed by atoms with Gasteiger partial charge in [0.2, 0.25) is 0 Å². The summed E-state index contributed by atoms with van der Waals surface area (Å²) < 4.78 is 9.17. The first kappa shape index (κ1) is 19.3. The van der Waals surface area contributed by atoms with Gasteiger partial charge < -0.3 is 4.74 Å². The molecule has 2 aromatic heterocycles. The largest absolute Gasteiger partial charge is 0.441 e. The molecule has 3 rings (SSSR count). The molecule has 146 valence electrons. The van der Waals surface area contributed by atoms with Crippen LogP contribution in [0.5, 0.6) is 0 Å². The van der Waals surface area contributed by atoms with E-state index in [0.29, 0.717) is 6.54 Å². The fourth-order valence-corrected chi connectivity index (χ4v) is 2.84. The number of hydrogen-bond donors (Lipinski definition) is 0. The number of esters is 1. The second-order valence-corrected chi connectivity index (χ2v) is 6.87. The summed E-state index contributed by atoms with van der Waals surface area (Å²) in [4.78, 5) is 41.2. The van der Waals surface area contributed by atoms with Crippen LogP contribution in [0.25, 0.3) is 17.2 Å². The Labute approximate surface area is 161 Å². The van der Waals surface area contributed by atoms with Gasteiger partial charge in [-0.1, -0.05) is 44.2 Å². The quantitative estimate of drug-likeness (QED) is 0.479. The smallest absolute Gasteiger partial charge is 0.332 e. The van der Waals surface area contributed by atoms with Crippen molar-refractivity contribution in [3.05, 3.63) is 69.1 Å². The Balaban J connectivity index is 1.85. The number of aromatic nitrogens is 4. The molecule has 0 fully saturated rings. The highest BCUT2D eigenvalue weighted by atomic mass is 16.5. The zero-order valence-corrected chi connectivity index (χ0v) is 16.0. The van der Waals surface area contributed by atoms with Gasteiger partial charge in [-0.3, -0.25) is 18.5 Å². The van der Waals surface area contributed by atoms with Crippen LogP contribution in [-0.4, -0.2) is 24.7 Å². The fourth-order valence-electron chi connectivity index (χ4n) is 2.84. The summed E-state index contributed by atoms with van der Waals surface area (Å²) in [6.07, 6.45) is 4.37. The van der Waals surface area contributed by atoms with Crippen molar-refractivity contribution in [2.45, 2.75) is 27.1 Å². The first-order valence-corrected chi connectivity index (χ1v) is 8.93. The molecule has 0 N–H and O–H groups in total. The Kier molecular flexibility index (Phi) is 5.58. The van der Waals surface area contributed by atoms with Gasteiger partial charge in [0.05, 0.1) is 0 Å². The molecule has 0 amide bonds. The first-order valence-electron chi connectivity index (χ1n) is 8.93. The summed E-state index contributed by atoms with van der Waals surface area (Å²) in [5.74, 6) is -0.345. The number of benzene rings is 1. The topological polar surface area (TPSA) is 88.1 Å². The summed E-state index contributed by atoms with van der Waals surface area (Å²) in [6.45, 7) is 4.20. The number of carbonyl (C=O) groups excluding carboxylic acids is 1. The molecule has 0 aliphatic carbocycles. The third-order valence-electron chi connectivity index (χ3n) is 4.20. The van der Waals surface area contributed by atoms with Crippen LogP contribution < -0.4 is 11.2 Å². The minimum absolute atomic E-state index is 0.177. The number of rotatable bonds is 6. The average molecular weight is 382 g/mol. The molecule has 8 nitrogen and oxygen atoms in total. The van der Waals surface area contributed by atoms with E-state index in [4.69, 9.17) is 4.74 Å². The van der Waals surface area contributed by atoms with Crippen molar-refractivity contribution >= 4 is 23.2 Å². The molecule has 0 aliphatic heterocycles. The number of ether oxygens (including phenoxy) is 1. The Morgan fingerprint density at radius 1 is 1.21 bits per heavy atom. The van der Waals surface area contributed by atoms with Crippen molar-refractivity contribution in [2.75, 3.05) is 0 Å². The molecule has 0 atom stereocenters. The summed E-state index contributed by atoms with van der Waals surface area (Å²) in [5, 5.41) is 0. The van der Waals surface area contributed by atoms with Gasteiger partial charge >= 0.3 is 11.7 Å². The number of carbonyl (C=O) groups is 1. The summed E-state index contributed by atoms with van der Waals surface area (Å²) in [5.41, 5.74) is 0.493. The highest BCUT2D eigenvalue weighted by Gasteiger charge is 2.17. The van der Waals surface area contributed by atoms with Gasteiger partial charge in [0.15, 0.2) is 17.9 Å². The van der Waals surface area contributed by atoms with E-state index in [2.05, 4.69) is 4.98 Å². The molecular weight excluding hydrogens is 360 g/mol. The first-order chi connectivity index (χ1) is 13.4. The van der Waals surface area contributed by atoms with E-state index in [1.807, 2.05) is 44.2 Å². The second kappa shape index (κ2) is 8.08. The zero-order valence-electron chi connectivity index (χ0n) is 16.0. The van der Waals surface area contributed by atoms with Crippen LogP contribution in [0.4, 0.5) is 0 Å². The van der Waals surface area contributed by atoms with E-state index >= 15 is 0 Å². The molecule has 0 saturated carbocycles. The van der Waals surface area contributed by atoms with Crippen molar-refractivity contribution in [1.29, 1.82) is 0 Å². The van der Waals surface area contributed by atoms with Crippen LogP contribution >= 0.6 is 0 Å². The fraction of sp³-hybridized carbons (Fsp3) is 0.300. The Hall–Kier alpha value is -3.42. The zero-order chi connectivity index (χ0) is 20.3. The lowest BCUT2D eigenvalue weighted by atomic mass is 10.2. The van der Waals surface area contributed by atoms with E-state index < -0.39 is 17.2 Å². The number of nitrogens with zero attached hydrogens (tertiary/aromatic N) is 4. The molecule has 3 aromatic rings. The highest BCUT2D eigenvalue weighted by Crippen LogP contribution is 2.09. The molecule has 8 heteroatoms. The van der Waals surface area contributed by atoms with Crippen molar-refractivity contribution in [1.82, 2.24) is 18.7 Å². The van der Waals surface area contributed by atoms with Crippen LogP contribution in [0.2, 0.25) is 0 Å².